The summed E-state index contributed by atoms with van der Waals surface area (Å²) in [7, 11) is 1.42. The Kier molecular flexibility index (Phi) is 6.58. The first-order valence-corrected chi connectivity index (χ1v) is 12.5. The summed E-state index contributed by atoms with van der Waals surface area (Å²) < 4.78 is 10.8. The molecule has 5 rings (SSSR count). The van der Waals surface area contributed by atoms with Crippen LogP contribution >= 0.6 is 11.8 Å². The summed E-state index contributed by atoms with van der Waals surface area (Å²) in [6, 6.07) is 16.9. The zero-order valence-corrected chi connectivity index (χ0v) is 19.6. The van der Waals surface area contributed by atoms with Gasteiger partial charge in [0.15, 0.2) is 0 Å². The molecule has 0 unspecified atom stereocenters. The third kappa shape index (κ3) is 5.19. The van der Waals surface area contributed by atoms with Gasteiger partial charge in [-0.05, 0) is 48.7 Å². The summed E-state index contributed by atoms with van der Waals surface area (Å²) in [5.41, 5.74) is 4.34. The van der Waals surface area contributed by atoms with Gasteiger partial charge in [0.1, 0.15) is 17.4 Å². The Labute approximate surface area is 198 Å². The number of thioether (sulfide) groups is 1. The summed E-state index contributed by atoms with van der Waals surface area (Å²) in [4.78, 5) is 20.0. The largest absolute Gasteiger partial charge is 0.489 e. The molecule has 1 aliphatic heterocycles. The quantitative estimate of drug-likeness (QED) is 0.430. The standard InChI is InChI=1S/C26H29N3O3S/c1-31-24(30)14-20-16-33-26(28-20)23-13-18-11-17(15-32-21-9-3-2-4-10-21)12-22(25(18)29-23)27-19-7-5-6-8-19/h2-4,9-13,19-20,27,29H,5-8,14-16H2,1H3/t20-/m1/s1. The lowest BCUT2D eigenvalue weighted by atomic mass is 10.1. The molecule has 1 saturated carbocycles. The number of para-hydroxylation sites is 1. The van der Waals surface area contributed by atoms with Gasteiger partial charge in [-0.3, -0.25) is 9.79 Å². The van der Waals surface area contributed by atoms with E-state index in [1.807, 2.05) is 30.3 Å². The number of aromatic amines is 1. The van der Waals surface area contributed by atoms with Crippen LogP contribution in [0.3, 0.4) is 0 Å². The number of hydrogen-bond donors (Lipinski definition) is 2. The molecule has 7 heteroatoms. The van der Waals surface area contributed by atoms with Gasteiger partial charge in [0.2, 0.25) is 0 Å². The fourth-order valence-electron chi connectivity index (χ4n) is 4.54. The number of ether oxygens (including phenoxy) is 2. The molecule has 0 radical (unpaired) electrons. The number of aromatic nitrogens is 1. The molecule has 1 aromatic heterocycles. The average molecular weight is 464 g/mol. The summed E-state index contributed by atoms with van der Waals surface area (Å²) in [6.07, 6.45) is 5.29. The first kappa shape index (κ1) is 21.9. The highest BCUT2D eigenvalue weighted by atomic mass is 32.2. The molecule has 1 fully saturated rings. The zero-order chi connectivity index (χ0) is 22.6. The van der Waals surface area contributed by atoms with Gasteiger partial charge in [-0.25, -0.2) is 0 Å². The molecular formula is C26H29N3O3S. The van der Waals surface area contributed by atoms with Gasteiger partial charge in [-0.15, -0.1) is 11.8 Å². The summed E-state index contributed by atoms with van der Waals surface area (Å²) in [6.45, 7) is 0.511. The highest BCUT2D eigenvalue weighted by molar-refractivity contribution is 8.14. The highest BCUT2D eigenvalue weighted by Crippen LogP contribution is 2.33. The van der Waals surface area contributed by atoms with Crippen LogP contribution in [0.25, 0.3) is 10.9 Å². The molecule has 2 heterocycles. The van der Waals surface area contributed by atoms with E-state index in [-0.39, 0.29) is 12.0 Å². The number of hydrogen-bond acceptors (Lipinski definition) is 6. The fourth-order valence-corrected chi connectivity index (χ4v) is 5.57. The van der Waals surface area contributed by atoms with Crippen molar-refractivity contribution in [3.05, 3.63) is 59.8 Å². The van der Waals surface area contributed by atoms with Crippen molar-refractivity contribution in [2.75, 3.05) is 18.2 Å². The molecule has 0 amide bonds. The number of nitrogens with zero attached hydrogens (tertiary/aromatic N) is 1. The maximum absolute atomic E-state index is 11.6. The Morgan fingerprint density at radius 2 is 2.00 bits per heavy atom. The smallest absolute Gasteiger partial charge is 0.307 e. The van der Waals surface area contributed by atoms with Crippen LogP contribution in [0.2, 0.25) is 0 Å². The van der Waals surface area contributed by atoms with E-state index in [1.165, 1.54) is 32.8 Å². The van der Waals surface area contributed by atoms with Crippen LogP contribution in [0.1, 0.15) is 43.4 Å². The number of rotatable bonds is 8. The molecule has 2 aromatic carbocycles. The molecule has 33 heavy (non-hydrogen) atoms. The first-order chi connectivity index (χ1) is 16.2. The number of esters is 1. The minimum atomic E-state index is -0.214. The number of fused-ring (bicyclic) bond motifs is 1. The van der Waals surface area contributed by atoms with Crippen LogP contribution in [-0.2, 0) is 16.1 Å². The second kappa shape index (κ2) is 9.91. The molecule has 1 atom stereocenters. The Morgan fingerprint density at radius 1 is 1.18 bits per heavy atom. The van der Waals surface area contributed by atoms with Crippen molar-refractivity contribution in [1.29, 1.82) is 0 Å². The normalized spacial score (nSPS) is 18.5. The minimum Gasteiger partial charge on any atom is -0.489 e. The predicted octanol–water partition coefficient (Wildman–Crippen LogP) is 5.53. The Balaban J connectivity index is 1.42. The van der Waals surface area contributed by atoms with Crippen LogP contribution in [0.15, 0.2) is 53.5 Å². The van der Waals surface area contributed by atoms with E-state index in [0.29, 0.717) is 19.1 Å². The Morgan fingerprint density at radius 3 is 2.79 bits per heavy atom. The van der Waals surface area contributed by atoms with Gasteiger partial charge in [-0.1, -0.05) is 31.0 Å². The van der Waals surface area contributed by atoms with Crippen LogP contribution in [-0.4, -0.2) is 40.9 Å². The number of carbonyl (C=O) groups excluding carboxylic acids is 1. The van der Waals surface area contributed by atoms with Crippen molar-refractivity contribution >= 4 is 39.4 Å². The molecule has 0 spiro atoms. The van der Waals surface area contributed by atoms with E-state index in [2.05, 4.69) is 28.5 Å². The van der Waals surface area contributed by atoms with Gasteiger partial charge in [0, 0.05) is 17.2 Å². The van der Waals surface area contributed by atoms with Gasteiger partial charge >= 0.3 is 5.97 Å². The molecular weight excluding hydrogens is 434 g/mol. The maximum atomic E-state index is 11.6. The molecule has 3 aromatic rings. The van der Waals surface area contributed by atoms with E-state index in [1.54, 1.807) is 11.8 Å². The monoisotopic (exact) mass is 463 g/mol. The summed E-state index contributed by atoms with van der Waals surface area (Å²) in [5, 5.41) is 5.87. The van der Waals surface area contributed by atoms with Crippen molar-refractivity contribution in [2.45, 2.75) is 50.8 Å². The van der Waals surface area contributed by atoms with Crippen LogP contribution < -0.4 is 10.1 Å². The molecule has 0 saturated heterocycles. The Hall–Kier alpha value is -2.93. The topological polar surface area (TPSA) is 75.7 Å². The fraction of sp³-hybridized carbons (Fsp3) is 0.385. The molecule has 2 aliphatic rings. The summed E-state index contributed by atoms with van der Waals surface area (Å²) >= 11 is 1.69. The predicted molar refractivity (Wildman–Crippen MR) is 134 cm³/mol. The number of H-pyrrole nitrogens is 1. The van der Waals surface area contributed by atoms with Gasteiger partial charge in [0.25, 0.3) is 0 Å². The van der Waals surface area contributed by atoms with E-state index in [4.69, 9.17) is 14.5 Å². The van der Waals surface area contributed by atoms with E-state index in [9.17, 15) is 4.79 Å². The van der Waals surface area contributed by atoms with Crippen LogP contribution in [0.4, 0.5) is 5.69 Å². The first-order valence-electron chi connectivity index (χ1n) is 11.6. The van der Waals surface area contributed by atoms with E-state index < -0.39 is 0 Å². The third-order valence-corrected chi connectivity index (χ3v) is 7.37. The second-order valence-electron chi connectivity index (χ2n) is 8.70. The number of anilines is 1. The van der Waals surface area contributed by atoms with Crippen molar-refractivity contribution in [3.63, 3.8) is 0 Å². The van der Waals surface area contributed by atoms with Crippen LogP contribution in [0, 0.1) is 0 Å². The maximum Gasteiger partial charge on any atom is 0.307 e. The lowest BCUT2D eigenvalue weighted by Gasteiger charge is -2.16. The second-order valence-corrected chi connectivity index (χ2v) is 9.71. The summed E-state index contributed by atoms with van der Waals surface area (Å²) in [5.74, 6) is 1.45. The van der Waals surface area contributed by atoms with Gasteiger partial charge in [-0.2, -0.15) is 0 Å². The van der Waals surface area contributed by atoms with Crippen molar-refractivity contribution in [3.8, 4) is 5.75 Å². The lowest BCUT2D eigenvalue weighted by Crippen LogP contribution is -2.15. The molecule has 0 bridgehead atoms. The SMILES string of the molecule is COC(=O)C[C@@H]1CSC(c2cc3cc(COc4ccccc4)cc(NC4CCCC4)c3[nH]2)=N1. The number of methoxy groups -OCH3 is 1. The molecule has 1 aliphatic carbocycles. The van der Waals surface area contributed by atoms with Crippen LogP contribution in [0.5, 0.6) is 5.75 Å². The Bertz CT molecular complexity index is 1150. The van der Waals surface area contributed by atoms with E-state index in [0.717, 1.165) is 44.4 Å². The average Bonchev–Trinajstić information content (AvgIpc) is 3.59. The molecule has 6 nitrogen and oxygen atoms in total. The molecule has 2 N–H and O–H groups in total. The third-order valence-electron chi connectivity index (χ3n) is 6.22. The van der Waals surface area contributed by atoms with Crippen molar-refractivity contribution in [2.24, 2.45) is 4.99 Å². The highest BCUT2D eigenvalue weighted by Gasteiger charge is 2.24. The number of nitrogens with one attached hydrogen (secondary N) is 2. The molecule has 172 valence electrons. The van der Waals surface area contributed by atoms with Gasteiger partial charge in [0.05, 0.1) is 36.5 Å². The van der Waals surface area contributed by atoms with E-state index >= 15 is 0 Å². The number of aliphatic imine (C=N–C) groups is 1. The van der Waals surface area contributed by atoms with Crippen molar-refractivity contribution in [1.82, 2.24) is 4.98 Å². The number of carbonyl (C=O) groups is 1. The lowest BCUT2D eigenvalue weighted by molar-refractivity contribution is -0.140. The minimum absolute atomic E-state index is 0.0326. The number of benzene rings is 2. The zero-order valence-electron chi connectivity index (χ0n) is 18.8. The van der Waals surface area contributed by atoms with Gasteiger partial charge < -0.3 is 19.8 Å². The van der Waals surface area contributed by atoms with Crippen molar-refractivity contribution < 1.29 is 14.3 Å².